The zero-order chi connectivity index (χ0) is 17.1. The third kappa shape index (κ3) is 3.19. The molecule has 1 aromatic heterocycles. The number of carbonyl (C=O) groups is 1. The van der Waals surface area contributed by atoms with Crippen molar-refractivity contribution in [2.75, 3.05) is 11.9 Å². The van der Waals surface area contributed by atoms with Crippen LogP contribution >= 0.6 is 0 Å². The van der Waals surface area contributed by atoms with Crippen molar-refractivity contribution >= 4 is 11.6 Å². The van der Waals surface area contributed by atoms with Gasteiger partial charge in [-0.2, -0.15) is 5.10 Å². The maximum absolute atomic E-state index is 14.0. The van der Waals surface area contributed by atoms with Gasteiger partial charge in [0.2, 0.25) is 5.91 Å². The SMILES string of the molecule is CCC1OCCCC1C(=O)Nc1cnn(-c2ccccc2F)c1C. The number of benzene rings is 1. The fourth-order valence-corrected chi connectivity index (χ4v) is 3.17. The highest BCUT2D eigenvalue weighted by Crippen LogP contribution is 2.26. The van der Waals surface area contributed by atoms with Gasteiger partial charge in [-0.3, -0.25) is 4.79 Å². The molecule has 2 aromatic rings. The minimum atomic E-state index is -0.353. The van der Waals surface area contributed by atoms with Gasteiger partial charge in [-0.25, -0.2) is 9.07 Å². The Hall–Kier alpha value is -2.21. The van der Waals surface area contributed by atoms with Crippen molar-refractivity contribution in [1.29, 1.82) is 0 Å². The summed E-state index contributed by atoms with van der Waals surface area (Å²) in [6.07, 6.45) is 4.05. The second kappa shape index (κ2) is 7.13. The maximum atomic E-state index is 14.0. The topological polar surface area (TPSA) is 56.1 Å². The van der Waals surface area contributed by atoms with Gasteiger partial charge >= 0.3 is 0 Å². The fraction of sp³-hybridized carbons (Fsp3) is 0.444. The van der Waals surface area contributed by atoms with Crippen LogP contribution in [0.1, 0.15) is 31.9 Å². The number of anilines is 1. The van der Waals surface area contributed by atoms with Crippen LogP contribution in [-0.2, 0) is 9.53 Å². The van der Waals surface area contributed by atoms with Gasteiger partial charge in [0.15, 0.2) is 0 Å². The lowest BCUT2D eigenvalue weighted by Gasteiger charge is -2.29. The molecule has 2 heterocycles. The minimum absolute atomic E-state index is 0.0410. The molecule has 0 radical (unpaired) electrons. The summed E-state index contributed by atoms with van der Waals surface area (Å²) < 4.78 is 21.1. The number of ether oxygens (including phenoxy) is 1. The van der Waals surface area contributed by atoms with E-state index in [-0.39, 0.29) is 23.7 Å². The number of aromatic nitrogens is 2. The molecule has 0 spiro atoms. The third-order valence-corrected chi connectivity index (χ3v) is 4.53. The van der Waals surface area contributed by atoms with Gasteiger partial charge in [0, 0.05) is 6.61 Å². The van der Waals surface area contributed by atoms with Crippen LogP contribution in [0.2, 0.25) is 0 Å². The smallest absolute Gasteiger partial charge is 0.230 e. The zero-order valence-electron chi connectivity index (χ0n) is 14.0. The highest BCUT2D eigenvalue weighted by molar-refractivity contribution is 5.93. The van der Waals surface area contributed by atoms with E-state index in [9.17, 15) is 9.18 Å². The Bertz CT molecular complexity index is 729. The Morgan fingerprint density at radius 1 is 1.46 bits per heavy atom. The van der Waals surface area contributed by atoms with Crippen LogP contribution < -0.4 is 5.32 Å². The van der Waals surface area contributed by atoms with E-state index in [1.165, 1.54) is 10.7 Å². The molecular weight excluding hydrogens is 309 g/mol. The largest absolute Gasteiger partial charge is 0.377 e. The molecule has 1 N–H and O–H groups in total. The van der Waals surface area contributed by atoms with Crippen molar-refractivity contribution in [2.45, 2.75) is 39.2 Å². The summed E-state index contributed by atoms with van der Waals surface area (Å²) in [5.41, 5.74) is 1.66. The Balaban J connectivity index is 1.79. The summed E-state index contributed by atoms with van der Waals surface area (Å²) >= 11 is 0. The lowest BCUT2D eigenvalue weighted by atomic mass is 9.92. The minimum Gasteiger partial charge on any atom is -0.377 e. The molecule has 1 fully saturated rings. The predicted octanol–water partition coefficient (Wildman–Crippen LogP) is 3.46. The van der Waals surface area contributed by atoms with Crippen molar-refractivity contribution in [3.05, 3.63) is 42.0 Å². The summed E-state index contributed by atoms with van der Waals surface area (Å²) in [5, 5.41) is 7.14. The molecule has 1 aliphatic heterocycles. The first-order valence-corrected chi connectivity index (χ1v) is 8.33. The summed E-state index contributed by atoms with van der Waals surface area (Å²) in [6.45, 7) is 4.55. The molecule has 0 aliphatic carbocycles. The predicted molar refractivity (Wildman–Crippen MR) is 89.6 cm³/mol. The number of nitrogens with one attached hydrogen (secondary N) is 1. The molecule has 0 bridgehead atoms. The van der Waals surface area contributed by atoms with E-state index in [1.807, 2.05) is 13.8 Å². The summed E-state index contributed by atoms with van der Waals surface area (Å²) in [4.78, 5) is 12.6. The average molecular weight is 331 g/mol. The molecule has 128 valence electrons. The van der Waals surface area contributed by atoms with Gasteiger partial charge in [-0.15, -0.1) is 0 Å². The summed E-state index contributed by atoms with van der Waals surface area (Å²) in [7, 11) is 0. The fourth-order valence-electron chi connectivity index (χ4n) is 3.17. The maximum Gasteiger partial charge on any atom is 0.230 e. The Labute approximate surface area is 140 Å². The monoisotopic (exact) mass is 331 g/mol. The average Bonchev–Trinajstić information content (AvgIpc) is 2.96. The normalized spacial score (nSPS) is 20.8. The second-order valence-electron chi connectivity index (χ2n) is 6.06. The van der Waals surface area contributed by atoms with E-state index in [0.717, 1.165) is 19.3 Å². The van der Waals surface area contributed by atoms with Crippen molar-refractivity contribution in [3.8, 4) is 5.69 Å². The van der Waals surface area contributed by atoms with Gasteiger partial charge in [0.25, 0.3) is 0 Å². The zero-order valence-corrected chi connectivity index (χ0v) is 14.0. The molecule has 6 heteroatoms. The molecule has 2 unspecified atom stereocenters. The van der Waals surface area contributed by atoms with Crippen LogP contribution in [0.3, 0.4) is 0 Å². The molecular formula is C18H22FN3O2. The number of rotatable bonds is 4. The van der Waals surface area contributed by atoms with E-state index in [1.54, 1.807) is 24.4 Å². The van der Waals surface area contributed by atoms with E-state index in [0.29, 0.717) is 23.7 Å². The van der Waals surface area contributed by atoms with Gasteiger partial charge in [0.1, 0.15) is 11.5 Å². The van der Waals surface area contributed by atoms with Crippen molar-refractivity contribution in [3.63, 3.8) is 0 Å². The first-order chi connectivity index (χ1) is 11.6. The number of amides is 1. The Kier molecular flexibility index (Phi) is 4.94. The van der Waals surface area contributed by atoms with Crippen molar-refractivity contribution in [2.24, 2.45) is 5.92 Å². The number of hydrogen-bond acceptors (Lipinski definition) is 3. The molecule has 5 nitrogen and oxygen atoms in total. The van der Waals surface area contributed by atoms with Gasteiger partial charge in [0.05, 0.1) is 29.6 Å². The molecule has 3 rings (SSSR count). The molecule has 2 atom stereocenters. The van der Waals surface area contributed by atoms with Crippen molar-refractivity contribution < 1.29 is 13.9 Å². The van der Waals surface area contributed by atoms with Crippen LogP contribution in [0.25, 0.3) is 5.69 Å². The van der Waals surface area contributed by atoms with E-state index >= 15 is 0 Å². The van der Waals surface area contributed by atoms with E-state index in [2.05, 4.69) is 10.4 Å². The standard InChI is InChI=1S/C18H22FN3O2/c1-3-17-13(7-6-10-24-17)18(23)21-15-11-20-22(12(15)2)16-9-5-4-8-14(16)19/h4-5,8-9,11,13,17H,3,6-7,10H2,1-2H3,(H,21,23). The first-order valence-electron chi connectivity index (χ1n) is 8.33. The summed E-state index contributed by atoms with van der Waals surface area (Å²) in [6, 6.07) is 6.43. The lowest BCUT2D eigenvalue weighted by Crippen LogP contribution is -2.37. The van der Waals surface area contributed by atoms with Crippen LogP contribution in [0, 0.1) is 18.7 Å². The van der Waals surface area contributed by atoms with Crippen molar-refractivity contribution in [1.82, 2.24) is 9.78 Å². The van der Waals surface area contributed by atoms with Gasteiger partial charge in [-0.05, 0) is 38.3 Å². The molecule has 24 heavy (non-hydrogen) atoms. The number of para-hydroxylation sites is 1. The molecule has 1 saturated heterocycles. The van der Waals surface area contributed by atoms with Crippen LogP contribution in [0.15, 0.2) is 30.5 Å². The highest BCUT2D eigenvalue weighted by atomic mass is 19.1. The third-order valence-electron chi connectivity index (χ3n) is 4.53. The van der Waals surface area contributed by atoms with Crippen LogP contribution in [0.5, 0.6) is 0 Å². The molecule has 1 aromatic carbocycles. The number of carbonyl (C=O) groups excluding carboxylic acids is 1. The molecule has 1 aliphatic rings. The second-order valence-corrected chi connectivity index (χ2v) is 6.06. The summed E-state index contributed by atoms with van der Waals surface area (Å²) in [5.74, 6) is -0.564. The lowest BCUT2D eigenvalue weighted by molar-refractivity contribution is -0.129. The number of nitrogens with zero attached hydrogens (tertiary/aromatic N) is 2. The Morgan fingerprint density at radius 2 is 2.25 bits per heavy atom. The van der Waals surface area contributed by atoms with Crippen LogP contribution in [0.4, 0.5) is 10.1 Å². The van der Waals surface area contributed by atoms with E-state index < -0.39 is 0 Å². The van der Waals surface area contributed by atoms with E-state index in [4.69, 9.17) is 4.74 Å². The molecule has 1 amide bonds. The van der Waals surface area contributed by atoms with Crippen LogP contribution in [-0.4, -0.2) is 28.4 Å². The number of hydrogen-bond donors (Lipinski definition) is 1. The molecule has 0 saturated carbocycles. The first kappa shape index (κ1) is 16.6. The highest BCUT2D eigenvalue weighted by Gasteiger charge is 2.31. The van der Waals surface area contributed by atoms with Gasteiger partial charge in [-0.1, -0.05) is 19.1 Å². The Morgan fingerprint density at radius 3 is 3.00 bits per heavy atom. The van der Waals surface area contributed by atoms with Gasteiger partial charge < -0.3 is 10.1 Å². The quantitative estimate of drug-likeness (QED) is 0.933. The number of halogens is 1.